The second kappa shape index (κ2) is 11.6. The molecule has 0 spiro atoms. The SMILES string of the molecule is CC(=O)/C=C/[C@H]1[C@H](C)C[C@H](O[C@@H]2O[C@H](CO[C@@H]3OC[C@@H](O)[C@H](O)[C@H]3O)[C@@H](O)[C@H](O)[C@H]2O)CC1(C)C. The molecule has 0 bridgehead atoms. The van der Waals surface area contributed by atoms with E-state index in [0.29, 0.717) is 12.8 Å². The molecule has 2 saturated heterocycles. The summed E-state index contributed by atoms with van der Waals surface area (Å²) in [4.78, 5) is 11.4. The molecule has 0 aromatic heterocycles. The third-order valence-corrected chi connectivity index (χ3v) is 7.32. The van der Waals surface area contributed by atoms with Gasteiger partial charge < -0.3 is 49.6 Å². The standard InChI is InChI=1S/C24H40O11/c1-11-7-13(8-24(3,4)14(11)6-5-12(2)25)34-23-21(31)19(29)18(28)16(35-23)10-33-22-20(30)17(27)15(26)9-32-22/h5-6,11,13-23,26-31H,7-10H2,1-4H3/b6-5+/t11-,13+,14+,15-,16-,17+,18-,19+,20-,21-,22+,23-/m1/s1. The van der Waals surface area contributed by atoms with E-state index in [9.17, 15) is 35.4 Å². The summed E-state index contributed by atoms with van der Waals surface area (Å²) >= 11 is 0. The van der Waals surface area contributed by atoms with E-state index in [-0.39, 0.29) is 42.4 Å². The predicted molar refractivity (Wildman–Crippen MR) is 121 cm³/mol. The van der Waals surface area contributed by atoms with Crippen molar-refractivity contribution >= 4 is 5.78 Å². The quantitative estimate of drug-likeness (QED) is 0.231. The maximum Gasteiger partial charge on any atom is 0.186 e. The summed E-state index contributed by atoms with van der Waals surface area (Å²) in [6, 6.07) is 0. The van der Waals surface area contributed by atoms with E-state index in [1.54, 1.807) is 6.08 Å². The van der Waals surface area contributed by atoms with Gasteiger partial charge in [0.1, 0.15) is 42.7 Å². The molecular formula is C24H40O11. The van der Waals surface area contributed by atoms with Crippen LogP contribution in [0.1, 0.15) is 40.5 Å². The van der Waals surface area contributed by atoms with Crippen LogP contribution in [0.4, 0.5) is 0 Å². The van der Waals surface area contributed by atoms with Gasteiger partial charge in [0.25, 0.3) is 0 Å². The first kappa shape index (κ1) is 28.6. The average molecular weight is 505 g/mol. The highest BCUT2D eigenvalue weighted by molar-refractivity contribution is 5.87. The first-order chi connectivity index (χ1) is 16.3. The topological polar surface area (TPSA) is 175 Å². The van der Waals surface area contributed by atoms with Crippen LogP contribution in [0.25, 0.3) is 0 Å². The number of carbonyl (C=O) groups is 1. The Morgan fingerprint density at radius 3 is 2.29 bits per heavy atom. The maximum absolute atomic E-state index is 11.4. The minimum absolute atomic E-state index is 0.0114. The maximum atomic E-state index is 11.4. The molecule has 0 unspecified atom stereocenters. The highest BCUT2D eigenvalue weighted by Crippen LogP contribution is 2.46. The summed E-state index contributed by atoms with van der Waals surface area (Å²) in [5.41, 5.74) is -0.200. The fourth-order valence-electron chi connectivity index (χ4n) is 5.40. The van der Waals surface area contributed by atoms with Crippen molar-refractivity contribution in [2.45, 2.75) is 102 Å². The van der Waals surface area contributed by atoms with Gasteiger partial charge in [0.2, 0.25) is 0 Å². The van der Waals surface area contributed by atoms with Crippen LogP contribution in [0.5, 0.6) is 0 Å². The molecule has 11 heteroatoms. The molecule has 2 heterocycles. The van der Waals surface area contributed by atoms with E-state index in [0.717, 1.165) is 0 Å². The van der Waals surface area contributed by atoms with E-state index in [2.05, 4.69) is 20.8 Å². The molecule has 12 atom stereocenters. The van der Waals surface area contributed by atoms with Crippen molar-refractivity contribution in [3.63, 3.8) is 0 Å². The Morgan fingerprint density at radius 1 is 1.00 bits per heavy atom. The Balaban J connectivity index is 1.61. The summed E-state index contributed by atoms with van der Waals surface area (Å²) in [5.74, 6) is 0.331. The zero-order valence-electron chi connectivity index (χ0n) is 20.6. The lowest BCUT2D eigenvalue weighted by Gasteiger charge is -2.47. The van der Waals surface area contributed by atoms with Crippen molar-refractivity contribution < 1.29 is 54.4 Å². The highest BCUT2D eigenvalue weighted by Gasteiger charge is 2.48. The summed E-state index contributed by atoms with van der Waals surface area (Å²) in [6.45, 7) is 7.17. The number of hydrogen-bond donors (Lipinski definition) is 6. The van der Waals surface area contributed by atoms with Crippen LogP contribution in [0.2, 0.25) is 0 Å². The number of aliphatic hydroxyl groups excluding tert-OH is 6. The summed E-state index contributed by atoms with van der Waals surface area (Å²) in [7, 11) is 0. The van der Waals surface area contributed by atoms with Gasteiger partial charge in [-0.05, 0) is 43.1 Å². The average Bonchev–Trinajstić information content (AvgIpc) is 2.77. The highest BCUT2D eigenvalue weighted by atomic mass is 16.7. The number of ether oxygens (including phenoxy) is 4. The van der Waals surface area contributed by atoms with E-state index in [1.807, 2.05) is 6.08 Å². The summed E-state index contributed by atoms with van der Waals surface area (Å²) in [5, 5.41) is 60.7. The fourth-order valence-corrected chi connectivity index (χ4v) is 5.40. The van der Waals surface area contributed by atoms with Gasteiger partial charge in [-0.2, -0.15) is 0 Å². The minimum Gasteiger partial charge on any atom is -0.388 e. The third kappa shape index (κ3) is 6.67. The molecular weight excluding hydrogens is 464 g/mol. The molecule has 2 aliphatic heterocycles. The molecule has 3 aliphatic rings. The van der Waals surface area contributed by atoms with Crippen molar-refractivity contribution in [1.29, 1.82) is 0 Å². The monoisotopic (exact) mass is 504 g/mol. The van der Waals surface area contributed by atoms with E-state index in [4.69, 9.17) is 18.9 Å². The van der Waals surface area contributed by atoms with Gasteiger partial charge in [-0.1, -0.05) is 26.8 Å². The van der Waals surface area contributed by atoms with Gasteiger partial charge in [-0.15, -0.1) is 0 Å². The Morgan fingerprint density at radius 2 is 1.66 bits per heavy atom. The molecule has 202 valence electrons. The Hall–Kier alpha value is -0.990. The number of ketones is 1. The largest absolute Gasteiger partial charge is 0.388 e. The zero-order chi connectivity index (χ0) is 26.1. The first-order valence-corrected chi connectivity index (χ1v) is 12.1. The van der Waals surface area contributed by atoms with Gasteiger partial charge in [-0.3, -0.25) is 4.79 Å². The molecule has 0 amide bonds. The first-order valence-electron chi connectivity index (χ1n) is 12.1. The summed E-state index contributed by atoms with van der Waals surface area (Å²) in [6.07, 6.45) is -7.90. The van der Waals surface area contributed by atoms with Crippen LogP contribution in [0.3, 0.4) is 0 Å². The lowest BCUT2D eigenvalue weighted by Crippen LogP contribution is -2.61. The molecule has 0 aromatic rings. The van der Waals surface area contributed by atoms with Crippen molar-refractivity contribution in [2.75, 3.05) is 13.2 Å². The molecule has 35 heavy (non-hydrogen) atoms. The van der Waals surface area contributed by atoms with Gasteiger partial charge in [0.15, 0.2) is 18.4 Å². The van der Waals surface area contributed by atoms with Crippen LogP contribution in [-0.4, -0.2) is 111 Å². The fraction of sp³-hybridized carbons (Fsp3) is 0.875. The Kier molecular flexibility index (Phi) is 9.47. The van der Waals surface area contributed by atoms with E-state index >= 15 is 0 Å². The van der Waals surface area contributed by atoms with Crippen molar-refractivity contribution in [2.24, 2.45) is 17.3 Å². The second-order valence-corrected chi connectivity index (χ2v) is 10.8. The smallest absolute Gasteiger partial charge is 0.186 e. The Bertz CT molecular complexity index is 743. The van der Waals surface area contributed by atoms with Gasteiger partial charge in [0.05, 0.1) is 19.3 Å². The lowest BCUT2D eigenvalue weighted by molar-refractivity contribution is -0.330. The molecule has 1 saturated carbocycles. The molecule has 3 rings (SSSR count). The molecule has 1 aliphatic carbocycles. The number of carbonyl (C=O) groups excluding carboxylic acids is 1. The van der Waals surface area contributed by atoms with Crippen LogP contribution in [0, 0.1) is 17.3 Å². The van der Waals surface area contributed by atoms with Crippen molar-refractivity contribution in [1.82, 2.24) is 0 Å². The summed E-state index contributed by atoms with van der Waals surface area (Å²) < 4.78 is 22.5. The number of rotatable bonds is 7. The van der Waals surface area contributed by atoms with E-state index in [1.165, 1.54) is 6.92 Å². The normalized spacial score (nSPS) is 46.6. The van der Waals surface area contributed by atoms with Crippen LogP contribution in [-0.2, 0) is 23.7 Å². The van der Waals surface area contributed by atoms with Crippen LogP contribution < -0.4 is 0 Å². The number of allylic oxidation sites excluding steroid dienone is 2. The second-order valence-electron chi connectivity index (χ2n) is 10.8. The molecule has 3 fully saturated rings. The van der Waals surface area contributed by atoms with Crippen molar-refractivity contribution in [3.05, 3.63) is 12.2 Å². The molecule has 6 N–H and O–H groups in total. The zero-order valence-corrected chi connectivity index (χ0v) is 20.6. The molecule has 11 nitrogen and oxygen atoms in total. The minimum atomic E-state index is -1.56. The van der Waals surface area contributed by atoms with Crippen molar-refractivity contribution in [3.8, 4) is 0 Å². The number of aliphatic hydroxyl groups is 6. The lowest BCUT2D eigenvalue weighted by atomic mass is 9.63. The van der Waals surface area contributed by atoms with Gasteiger partial charge >= 0.3 is 0 Å². The molecule has 0 radical (unpaired) electrons. The molecule has 0 aromatic carbocycles. The third-order valence-electron chi connectivity index (χ3n) is 7.32. The predicted octanol–water partition coefficient (Wildman–Crippen LogP) is -1.15. The van der Waals surface area contributed by atoms with E-state index < -0.39 is 55.3 Å². The number of hydrogen-bond acceptors (Lipinski definition) is 11. The van der Waals surface area contributed by atoms with Gasteiger partial charge in [0, 0.05) is 0 Å². The Labute approximate surface area is 205 Å². The van der Waals surface area contributed by atoms with Crippen LogP contribution in [0.15, 0.2) is 12.2 Å². The van der Waals surface area contributed by atoms with Crippen LogP contribution >= 0.6 is 0 Å². The van der Waals surface area contributed by atoms with Gasteiger partial charge in [-0.25, -0.2) is 0 Å².